The molecule has 0 aromatic heterocycles. The second-order valence-corrected chi connectivity index (χ2v) is 6.70. The minimum absolute atomic E-state index is 0.105. The number of hydrogen-bond donors (Lipinski definition) is 1. The minimum Gasteiger partial charge on any atom is -0.497 e. The van der Waals surface area contributed by atoms with Crippen LogP contribution in [0, 0.1) is 11.8 Å². The summed E-state index contributed by atoms with van der Waals surface area (Å²) in [5.74, 6) is 0.283. The van der Waals surface area contributed by atoms with E-state index in [1.807, 2.05) is 12.2 Å². The summed E-state index contributed by atoms with van der Waals surface area (Å²) in [5.41, 5.74) is 0.550. The molecular weight excluding hydrogens is 348 g/mol. The van der Waals surface area contributed by atoms with Gasteiger partial charge in [0, 0.05) is 19.0 Å². The van der Waals surface area contributed by atoms with Gasteiger partial charge < -0.3 is 14.8 Å². The van der Waals surface area contributed by atoms with E-state index in [1.54, 1.807) is 25.3 Å². The van der Waals surface area contributed by atoms with Crippen LogP contribution in [0.1, 0.15) is 25.7 Å². The number of hydrogen-bond acceptors (Lipinski definition) is 5. The molecule has 0 bridgehead atoms. The molecule has 3 amide bonds. The Hall–Kier alpha value is -2.83. The van der Waals surface area contributed by atoms with Crippen molar-refractivity contribution in [3.8, 4) is 11.5 Å². The predicted octanol–water partition coefficient (Wildman–Crippen LogP) is 2.37. The Labute approximate surface area is 158 Å². The molecule has 1 saturated heterocycles. The Morgan fingerprint density at radius 1 is 1.11 bits per heavy atom. The Bertz CT molecular complexity index is 748. The van der Waals surface area contributed by atoms with Gasteiger partial charge in [-0.2, -0.15) is 0 Å². The summed E-state index contributed by atoms with van der Waals surface area (Å²) in [6.07, 6.45) is 5.82. The van der Waals surface area contributed by atoms with Crippen molar-refractivity contribution >= 4 is 23.4 Å². The molecule has 2 atom stereocenters. The fourth-order valence-corrected chi connectivity index (χ4v) is 3.60. The van der Waals surface area contributed by atoms with Gasteiger partial charge in [0.25, 0.3) is 0 Å². The highest BCUT2D eigenvalue weighted by atomic mass is 16.5. The first-order valence-corrected chi connectivity index (χ1v) is 9.07. The zero-order valence-electron chi connectivity index (χ0n) is 15.6. The fourth-order valence-electron chi connectivity index (χ4n) is 3.60. The van der Waals surface area contributed by atoms with Gasteiger partial charge in [0.15, 0.2) is 0 Å². The molecule has 7 heteroatoms. The number of imide groups is 1. The van der Waals surface area contributed by atoms with E-state index in [0.717, 1.165) is 0 Å². The first-order chi connectivity index (χ1) is 13.0. The van der Waals surface area contributed by atoms with Gasteiger partial charge >= 0.3 is 0 Å². The number of fused-ring (bicyclic) bond motifs is 1. The van der Waals surface area contributed by atoms with E-state index in [2.05, 4.69) is 5.32 Å². The van der Waals surface area contributed by atoms with Crippen molar-refractivity contribution in [2.75, 3.05) is 26.1 Å². The molecule has 0 saturated carbocycles. The van der Waals surface area contributed by atoms with E-state index in [4.69, 9.17) is 9.47 Å². The number of carbonyl (C=O) groups excluding carboxylic acids is 3. The maximum absolute atomic E-state index is 12.4. The largest absolute Gasteiger partial charge is 0.497 e. The molecule has 2 aliphatic rings. The quantitative estimate of drug-likeness (QED) is 0.587. The van der Waals surface area contributed by atoms with Gasteiger partial charge in [0.2, 0.25) is 17.7 Å². The van der Waals surface area contributed by atoms with Crippen LogP contribution in [0.5, 0.6) is 11.5 Å². The smallest absolute Gasteiger partial charge is 0.233 e. The van der Waals surface area contributed by atoms with Crippen LogP contribution in [0.25, 0.3) is 0 Å². The molecule has 7 nitrogen and oxygen atoms in total. The normalized spacial score (nSPS) is 21.2. The number of methoxy groups -OCH3 is 2. The van der Waals surface area contributed by atoms with Gasteiger partial charge in [0.1, 0.15) is 11.5 Å². The van der Waals surface area contributed by atoms with Gasteiger partial charge in [-0.1, -0.05) is 12.2 Å². The molecule has 144 valence electrons. The van der Waals surface area contributed by atoms with Crippen LogP contribution in [0.4, 0.5) is 5.69 Å². The number of rotatable bonds is 7. The Morgan fingerprint density at radius 2 is 1.78 bits per heavy atom. The fraction of sp³-hybridized carbons (Fsp3) is 0.450. The molecule has 3 rings (SSSR count). The molecule has 1 heterocycles. The van der Waals surface area contributed by atoms with E-state index in [1.165, 1.54) is 12.0 Å². The monoisotopic (exact) mass is 372 g/mol. The third kappa shape index (κ3) is 3.97. The second-order valence-electron chi connectivity index (χ2n) is 6.70. The topological polar surface area (TPSA) is 84.9 Å². The van der Waals surface area contributed by atoms with Crippen molar-refractivity contribution < 1.29 is 23.9 Å². The molecule has 1 aromatic rings. The maximum atomic E-state index is 12.4. The summed E-state index contributed by atoms with van der Waals surface area (Å²) in [7, 11) is 3.07. The molecular formula is C20H24N2O5. The van der Waals surface area contributed by atoms with E-state index in [-0.39, 0.29) is 42.5 Å². The number of nitrogens with zero attached hydrogens (tertiary/aromatic N) is 1. The van der Waals surface area contributed by atoms with Crippen molar-refractivity contribution in [2.24, 2.45) is 11.8 Å². The summed E-state index contributed by atoms with van der Waals surface area (Å²) in [6.45, 7) is 0.276. The van der Waals surface area contributed by atoms with E-state index >= 15 is 0 Å². The highest BCUT2D eigenvalue weighted by Crippen LogP contribution is 2.35. The van der Waals surface area contributed by atoms with E-state index < -0.39 is 0 Å². The van der Waals surface area contributed by atoms with Crippen molar-refractivity contribution in [2.45, 2.75) is 25.7 Å². The Morgan fingerprint density at radius 3 is 2.37 bits per heavy atom. The Balaban J connectivity index is 1.52. The van der Waals surface area contributed by atoms with Crippen LogP contribution in [0.3, 0.4) is 0 Å². The minimum atomic E-state index is -0.222. The van der Waals surface area contributed by atoms with Crippen LogP contribution in [0.2, 0.25) is 0 Å². The standard InChI is InChI=1S/C20H24N2O5/c1-26-13-9-10-16(17(12-13)27-2)21-18(23)8-5-11-22-19(24)14-6-3-4-7-15(14)20(22)25/h3-4,9-10,12,14-15H,5-8,11H2,1-2H3,(H,21,23)/t14-,15-/m1/s1. The van der Waals surface area contributed by atoms with Crippen LogP contribution in [0.15, 0.2) is 30.4 Å². The number of likely N-dealkylation sites (tertiary alicyclic amines) is 1. The summed E-state index contributed by atoms with van der Waals surface area (Å²) < 4.78 is 10.4. The zero-order valence-corrected chi connectivity index (χ0v) is 15.6. The average Bonchev–Trinajstić information content (AvgIpc) is 2.93. The molecule has 0 radical (unpaired) electrons. The van der Waals surface area contributed by atoms with Gasteiger partial charge in [-0.25, -0.2) is 0 Å². The first-order valence-electron chi connectivity index (χ1n) is 9.07. The molecule has 1 aliphatic heterocycles. The zero-order chi connectivity index (χ0) is 19.4. The second kappa shape index (κ2) is 8.24. The lowest BCUT2D eigenvalue weighted by Crippen LogP contribution is -2.32. The lowest BCUT2D eigenvalue weighted by atomic mass is 9.85. The number of benzene rings is 1. The highest BCUT2D eigenvalue weighted by Gasteiger charge is 2.46. The van der Waals surface area contributed by atoms with E-state index in [9.17, 15) is 14.4 Å². The molecule has 1 N–H and O–H groups in total. The molecule has 1 aromatic carbocycles. The van der Waals surface area contributed by atoms with Crippen LogP contribution >= 0.6 is 0 Å². The van der Waals surface area contributed by atoms with Gasteiger partial charge in [-0.15, -0.1) is 0 Å². The number of allylic oxidation sites excluding steroid dienone is 2. The summed E-state index contributed by atoms with van der Waals surface area (Å²) in [5, 5.41) is 2.79. The summed E-state index contributed by atoms with van der Waals surface area (Å²) in [6, 6.07) is 5.13. The van der Waals surface area contributed by atoms with Crippen LogP contribution < -0.4 is 14.8 Å². The Kier molecular flexibility index (Phi) is 5.78. The van der Waals surface area contributed by atoms with Crippen molar-refractivity contribution in [3.05, 3.63) is 30.4 Å². The number of anilines is 1. The maximum Gasteiger partial charge on any atom is 0.233 e. The van der Waals surface area contributed by atoms with Gasteiger partial charge in [0.05, 0.1) is 31.7 Å². The van der Waals surface area contributed by atoms with Crippen molar-refractivity contribution in [1.29, 1.82) is 0 Å². The molecule has 0 spiro atoms. The predicted molar refractivity (Wildman–Crippen MR) is 99.5 cm³/mol. The number of nitrogens with one attached hydrogen (secondary N) is 1. The van der Waals surface area contributed by atoms with Crippen molar-refractivity contribution in [1.82, 2.24) is 4.90 Å². The van der Waals surface area contributed by atoms with Gasteiger partial charge in [-0.3, -0.25) is 19.3 Å². The van der Waals surface area contributed by atoms with Crippen LogP contribution in [-0.2, 0) is 14.4 Å². The van der Waals surface area contributed by atoms with Crippen molar-refractivity contribution in [3.63, 3.8) is 0 Å². The SMILES string of the molecule is COc1ccc(NC(=O)CCCN2C(=O)[C@@H]3CC=CC[C@H]3C2=O)c(OC)c1. The molecule has 0 unspecified atom stereocenters. The lowest BCUT2D eigenvalue weighted by Gasteiger charge is -2.15. The number of ether oxygens (including phenoxy) is 2. The molecule has 27 heavy (non-hydrogen) atoms. The molecule has 1 aliphatic carbocycles. The lowest BCUT2D eigenvalue weighted by molar-refractivity contribution is -0.140. The third-order valence-corrected chi connectivity index (χ3v) is 5.07. The highest BCUT2D eigenvalue weighted by molar-refractivity contribution is 6.05. The first kappa shape index (κ1) is 18.9. The van der Waals surface area contributed by atoms with E-state index in [0.29, 0.717) is 36.4 Å². The average molecular weight is 372 g/mol. The summed E-state index contributed by atoms with van der Waals surface area (Å²) in [4.78, 5) is 38.4. The molecule has 1 fully saturated rings. The van der Waals surface area contributed by atoms with Crippen LogP contribution in [-0.4, -0.2) is 43.4 Å². The number of carbonyl (C=O) groups is 3. The summed E-state index contributed by atoms with van der Waals surface area (Å²) >= 11 is 0. The van der Waals surface area contributed by atoms with Gasteiger partial charge in [-0.05, 0) is 31.4 Å². The third-order valence-electron chi connectivity index (χ3n) is 5.07. The number of amides is 3.